The lowest BCUT2D eigenvalue weighted by Gasteiger charge is -2.29. The van der Waals surface area contributed by atoms with Crippen LogP contribution in [0.5, 0.6) is 11.5 Å². The molecule has 4 nitrogen and oxygen atoms in total. The molecule has 0 N–H and O–H groups in total. The molecule has 0 radical (unpaired) electrons. The number of hydrogen-bond donors (Lipinski definition) is 0. The lowest BCUT2D eigenvalue weighted by molar-refractivity contribution is 0.0758. The highest BCUT2D eigenvalue weighted by Crippen LogP contribution is 2.31. The van der Waals surface area contributed by atoms with Crippen molar-refractivity contribution in [1.82, 2.24) is 4.90 Å². The molecule has 0 aliphatic carbocycles. The Bertz CT molecular complexity index is 672. The minimum atomic E-state index is 0.0378. The Kier molecular flexibility index (Phi) is 3.43. The van der Waals surface area contributed by atoms with E-state index in [2.05, 4.69) is 34.2 Å². The van der Waals surface area contributed by atoms with E-state index in [1.807, 2.05) is 36.7 Å². The van der Waals surface area contributed by atoms with Gasteiger partial charge in [0.25, 0.3) is 0 Å². The van der Waals surface area contributed by atoms with Crippen LogP contribution < -0.4 is 9.47 Å². The zero-order chi connectivity index (χ0) is 14.8. The topological polar surface area (TPSA) is 34.1 Å². The van der Waals surface area contributed by atoms with Crippen LogP contribution >= 0.6 is 0 Å². The zero-order valence-electron chi connectivity index (χ0n) is 12.3. The SMILES string of the molecule is C1=NC(c2ccccc2)CN1CC1COc2ccccc2O1. The molecular formula is C18H18N2O2. The van der Waals surface area contributed by atoms with Crippen molar-refractivity contribution in [2.75, 3.05) is 19.7 Å². The fraction of sp³-hybridized carbons (Fsp3) is 0.278. The summed E-state index contributed by atoms with van der Waals surface area (Å²) in [6.45, 7) is 2.27. The van der Waals surface area contributed by atoms with Crippen LogP contribution in [-0.4, -0.2) is 37.0 Å². The molecule has 2 atom stereocenters. The summed E-state index contributed by atoms with van der Waals surface area (Å²) in [5.74, 6) is 1.66. The maximum absolute atomic E-state index is 6.01. The maximum atomic E-state index is 6.01. The third-order valence-electron chi connectivity index (χ3n) is 4.01. The van der Waals surface area contributed by atoms with E-state index in [-0.39, 0.29) is 12.1 Å². The van der Waals surface area contributed by atoms with Gasteiger partial charge >= 0.3 is 0 Å². The zero-order valence-corrected chi connectivity index (χ0v) is 12.3. The average Bonchev–Trinajstić information content (AvgIpc) is 3.04. The van der Waals surface area contributed by atoms with E-state index >= 15 is 0 Å². The second kappa shape index (κ2) is 5.72. The minimum Gasteiger partial charge on any atom is -0.486 e. The highest BCUT2D eigenvalue weighted by atomic mass is 16.6. The van der Waals surface area contributed by atoms with Gasteiger partial charge in [-0.2, -0.15) is 0 Å². The molecule has 112 valence electrons. The predicted molar refractivity (Wildman–Crippen MR) is 85.6 cm³/mol. The van der Waals surface area contributed by atoms with Crippen molar-refractivity contribution in [3.05, 3.63) is 60.2 Å². The van der Waals surface area contributed by atoms with Gasteiger partial charge in [-0.15, -0.1) is 0 Å². The Labute approximate surface area is 130 Å². The Hall–Kier alpha value is -2.49. The maximum Gasteiger partial charge on any atom is 0.161 e. The van der Waals surface area contributed by atoms with Crippen molar-refractivity contribution in [3.8, 4) is 11.5 Å². The normalized spacial score (nSPS) is 22.8. The van der Waals surface area contributed by atoms with Gasteiger partial charge in [-0.25, -0.2) is 0 Å². The van der Waals surface area contributed by atoms with Gasteiger partial charge in [0.2, 0.25) is 0 Å². The quantitative estimate of drug-likeness (QED) is 0.873. The van der Waals surface area contributed by atoms with Crippen LogP contribution in [0.3, 0.4) is 0 Å². The van der Waals surface area contributed by atoms with E-state index < -0.39 is 0 Å². The van der Waals surface area contributed by atoms with E-state index in [1.165, 1.54) is 5.56 Å². The Morgan fingerprint density at radius 2 is 1.77 bits per heavy atom. The predicted octanol–water partition coefficient (Wildman–Crippen LogP) is 2.91. The summed E-state index contributed by atoms with van der Waals surface area (Å²) in [6, 6.07) is 18.4. The molecule has 0 fully saturated rings. The van der Waals surface area contributed by atoms with E-state index in [0.29, 0.717) is 6.61 Å². The fourth-order valence-corrected chi connectivity index (χ4v) is 2.89. The van der Waals surface area contributed by atoms with Crippen LogP contribution in [0.1, 0.15) is 11.6 Å². The van der Waals surface area contributed by atoms with Gasteiger partial charge in [0.1, 0.15) is 6.61 Å². The summed E-state index contributed by atoms with van der Waals surface area (Å²) in [6.07, 6.45) is 1.97. The first-order valence-electron chi connectivity index (χ1n) is 7.59. The number of hydrogen-bond acceptors (Lipinski definition) is 4. The van der Waals surface area contributed by atoms with Crippen molar-refractivity contribution in [3.63, 3.8) is 0 Å². The molecule has 2 aliphatic heterocycles. The molecule has 0 aromatic heterocycles. The molecule has 0 saturated carbocycles. The third-order valence-corrected chi connectivity index (χ3v) is 4.01. The molecule has 2 aromatic rings. The number of ether oxygens (including phenoxy) is 2. The van der Waals surface area contributed by atoms with Crippen molar-refractivity contribution in [1.29, 1.82) is 0 Å². The molecule has 2 heterocycles. The van der Waals surface area contributed by atoms with Crippen molar-refractivity contribution in [2.24, 2.45) is 4.99 Å². The second-order valence-corrected chi connectivity index (χ2v) is 5.64. The van der Waals surface area contributed by atoms with Gasteiger partial charge in [-0.05, 0) is 17.7 Å². The molecule has 0 spiro atoms. The van der Waals surface area contributed by atoms with Gasteiger partial charge in [0, 0.05) is 6.54 Å². The van der Waals surface area contributed by atoms with Crippen LogP contribution in [0.2, 0.25) is 0 Å². The van der Waals surface area contributed by atoms with Crippen LogP contribution in [-0.2, 0) is 0 Å². The summed E-state index contributed by atoms with van der Waals surface area (Å²) in [5, 5.41) is 0. The molecule has 0 saturated heterocycles. The highest BCUT2D eigenvalue weighted by molar-refractivity contribution is 5.58. The molecule has 2 aromatic carbocycles. The van der Waals surface area contributed by atoms with Crippen LogP contribution in [0.25, 0.3) is 0 Å². The molecule has 0 amide bonds. The van der Waals surface area contributed by atoms with Crippen molar-refractivity contribution >= 4 is 6.34 Å². The molecule has 0 bridgehead atoms. The lowest BCUT2D eigenvalue weighted by atomic mass is 10.1. The second-order valence-electron chi connectivity index (χ2n) is 5.64. The lowest BCUT2D eigenvalue weighted by Crippen LogP contribution is -2.40. The number of nitrogens with zero attached hydrogens (tertiary/aromatic N) is 2. The Balaban J connectivity index is 1.37. The Morgan fingerprint density at radius 3 is 2.64 bits per heavy atom. The summed E-state index contributed by atoms with van der Waals surface area (Å²) in [7, 11) is 0. The standard InChI is InChI=1S/C18H18N2O2/c1-2-6-14(7-3-1)16-11-20(13-19-16)10-15-12-21-17-8-4-5-9-18(17)22-15/h1-9,13,15-16H,10-12H2. The van der Waals surface area contributed by atoms with Gasteiger partial charge in [-0.1, -0.05) is 42.5 Å². The fourth-order valence-electron chi connectivity index (χ4n) is 2.89. The van der Waals surface area contributed by atoms with E-state index in [4.69, 9.17) is 9.47 Å². The third kappa shape index (κ3) is 2.64. The molecule has 4 heteroatoms. The first kappa shape index (κ1) is 13.2. The van der Waals surface area contributed by atoms with E-state index in [1.54, 1.807) is 0 Å². The Morgan fingerprint density at radius 1 is 1.00 bits per heavy atom. The van der Waals surface area contributed by atoms with E-state index in [0.717, 1.165) is 24.6 Å². The first-order valence-corrected chi connectivity index (χ1v) is 7.59. The summed E-state index contributed by atoms with van der Waals surface area (Å²) in [4.78, 5) is 6.81. The van der Waals surface area contributed by atoms with Crippen LogP contribution in [0.15, 0.2) is 59.6 Å². The molecule has 22 heavy (non-hydrogen) atoms. The van der Waals surface area contributed by atoms with Gasteiger partial charge in [-0.3, -0.25) is 4.99 Å². The molecule has 2 aliphatic rings. The number of para-hydroxylation sites is 2. The minimum absolute atomic E-state index is 0.0378. The van der Waals surface area contributed by atoms with Crippen molar-refractivity contribution < 1.29 is 9.47 Å². The smallest absolute Gasteiger partial charge is 0.161 e. The van der Waals surface area contributed by atoms with Gasteiger partial charge < -0.3 is 14.4 Å². The molecule has 4 rings (SSSR count). The summed E-state index contributed by atoms with van der Waals surface area (Å²) < 4.78 is 11.8. The van der Waals surface area contributed by atoms with Gasteiger partial charge in [0.05, 0.1) is 18.9 Å². The summed E-state index contributed by atoms with van der Waals surface area (Å²) >= 11 is 0. The number of benzene rings is 2. The average molecular weight is 294 g/mol. The van der Waals surface area contributed by atoms with Crippen LogP contribution in [0.4, 0.5) is 0 Å². The first-order chi connectivity index (χ1) is 10.9. The molecular weight excluding hydrogens is 276 g/mol. The monoisotopic (exact) mass is 294 g/mol. The summed E-state index contributed by atoms with van der Waals surface area (Å²) in [5.41, 5.74) is 1.26. The highest BCUT2D eigenvalue weighted by Gasteiger charge is 2.26. The molecule has 2 unspecified atom stereocenters. The van der Waals surface area contributed by atoms with E-state index in [9.17, 15) is 0 Å². The van der Waals surface area contributed by atoms with Gasteiger partial charge in [0.15, 0.2) is 17.6 Å². The number of rotatable bonds is 3. The largest absolute Gasteiger partial charge is 0.486 e. The van der Waals surface area contributed by atoms with Crippen LogP contribution in [0, 0.1) is 0 Å². The number of aliphatic imine (C=N–C) groups is 1. The van der Waals surface area contributed by atoms with Crippen molar-refractivity contribution in [2.45, 2.75) is 12.1 Å². The number of fused-ring (bicyclic) bond motifs is 1.